The fourth-order valence-corrected chi connectivity index (χ4v) is 1.78. The van der Waals surface area contributed by atoms with Gasteiger partial charge in [-0.25, -0.2) is 9.97 Å². The molecule has 0 aliphatic rings. The summed E-state index contributed by atoms with van der Waals surface area (Å²) < 4.78 is 2.70. The minimum absolute atomic E-state index is 0.618. The largest absolute Gasteiger partial charge is 0.310 e. The average Bonchev–Trinajstić information content (AvgIpc) is 2.78. The molecule has 2 heterocycles. The first-order chi connectivity index (χ1) is 8.66. The normalized spacial score (nSPS) is 11.1. The maximum absolute atomic E-state index is 4.31. The van der Waals surface area contributed by atoms with Gasteiger partial charge in [-0.15, -0.1) is 0 Å². The lowest BCUT2D eigenvalue weighted by molar-refractivity contribution is 0.537. The molecule has 6 heteroatoms. The Balaban J connectivity index is 2.10. The highest BCUT2D eigenvalue weighted by atomic mass is 79.9. The van der Waals surface area contributed by atoms with Crippen molar-refractivity contribution < 1.29 is 0 Å². The molecular weight excluding hydrogens is 294 g/mol. The molecule has 0 saturated heterocycles. The number of hydrogen-bond donors (Lipinski definition) is 1. The number of aromatic nitrogens is 4. The standard InChI is InChI=1S/C12H16BrN5/c1-9(2)5-14-7-12-16-8-17-18(12)11-4-3-10(13)6-15-11/h3-4,6,8-9,14H,5,7H2,1-2H3. The van der Waals surface area contributed by atoms with Crippen molar-refractivity contribution in [1.82, 2.24) is 25.1 Å². The number of hydrogen-bond acceptors (Lipinski definition) is 4. The lowest BCUT2D eigenvalue weighted by atomic mass is 10.2. The summed E-state index contributed by atoms with van der Waals surface area (Å²) in [5.74, 6) is 2.26. The van der Waals surface area contributed by atoms with E-state index in [-0.39, 0.29) is 0 Å². The van der Waals surface area contributed by atoms with Gasteiger partial charge in [0.1, 0.15) is 12.2 Å². The van der Waals surface area contributed by atoms with Crippen molar-refractivity contribution >= 4 is 15.9 Å². The summed E-state index contributed by atoms with van der Waals surface area (Å²) in [4.78, 5) is 8.56. The van der Waals surface area contributed by atoms with Gasteiger partial charge in [-0.05, 0) is 40.5 Å². The van der Waals surface area contributed by atoms with Crippen LogP contribution in [0.25, 0.3) is 5.82 Å². The van der Waals surface area contributed by atoms with E-state index in [1.54, 1.807) is 17.2 Å². The van der Waals surface area contributed by atoms with E-state index >= 15 is 0 Å². The minimum Gasteiger partial charge on any atom is -0.310 e. The monoisotopic (exact) mass is 309 g/mol. The molecule has 0 fully saturated rings. The molecule has 0 atom stereocenters. The SMILES string of the molecule is CC(C)CNCc1ncnn1-c1ccc(Br)cn1. The second-order valence-corrected chi connectivity index (χ2v) is 5.36. The quantitative estimate of drug-likeness (QED) is 0.919. The van der Waals surface area contributed by atoms with E-state index in [1.165, 1.54) is 0 Å². The van der Waals surface area contributed by atoms with Crippen molar-refractivity contribution in [2.24, 2.45) is 5.92 Å². The molecule has 5 nitrogen and oxygen atoms in total. The van der Waals surface area contributed by atoms with E-state index in [4.69, 9.17) is 0 Å². The van der Waals surface area contributed by atoms with Crippen LogP contribution in [0.15, 0.2) is 29.1 Å². The zero-order valence-corrected chi connectivity index (χ0v) is 12.1. The highest BCUT2D eigenvalue weighted by molar-refractivity contribution is 9.10. The topological polar surface area (TPSA) is 55.6 Å². The third-order valence-corrected chi connectivity index (χ3v) is 2.85. The van der Waals surface area contributed by atoms with Crippen molar-refractivity contribution in [3.63, 3.8) is 0 Å². The number of nitrogens with one attached hydrogen (secondary N) is 1. The summed E-state index contributed by atoms with van der Waals surface area (Å²) in [6.07, 6.45) is 3.30. The Morgan fingerprint density at radius 1 is 1.33 bits per heavy atom. The predicted molar refractivity (Wildman–Crippen MR) is 73.4 cm³/mol. The van der Waals surface area contributed by atoms with Crippen molar-refractivity contribution in [3.8, 4) is 5.82 Å². The van der Waals surface area contributed by atoms with Crippen LogP contribution in [0.1, 0.15) is 19.7 Å². The van der Waals surface area contributed by atoms with Crippen LogP contribution in [0.5, 0.6) is 0 Å². The fourth-order valence-electron chi connectivity index (χ4n) is 1.54. The van der Waals surface area contributed by atoms with E-state index in [2.05, 4.69) is 50.2 Å². The molecular formula is C12H16BrN5. The maximum Gasteiger partial charge on any atom is 0.155 e. The molecule has 0 amide bonds. The van der Waals surface area contributed by atoms with E-state index in [9.17, 15) is 0 Å². The van der Waals surface area contributed by atoms with Crippen LogP contribution in [0.4, 0.5) is 0 Å². The Hall–Kier alpha value is -1.27. The molecule has 0 saturated carbocycles. The number of pyridine rings is 1. The summed E-state index contributed by atoms with van der Waals surface area (Å²) >= 11 is 3.36. The molecule has 96 valence electrons. The van der Waals surface area contributed by atoms with Gasteiger partial charge in [0.15, 0.2) is 5.82 Å². The van der Waals surface area contributed by atoms with E-state index in [0.717, 1.165) is 22.7 Å². The van der Waals surface area contributed by atoms with Gasteiger partial charge in [-0.2, -0.15) is 9.78 Å². The number of rotatable bonds is 5. The van der Waals surface area contributed by atoms with Crippen LogP contribution in [-0.2, 0) is 6.54 Å². The van der Waals surface area contributed by atoms with Crippen molar-refractivity contribution in [1.29, 1.82) is 0 Å². The van der Waals surface area contributed by atoms with Gasteiger partial charge in [0.2, 0.25) is 0 Å². The smallest absolute Gasteiger partial charge is 0.155 e. The molecule has 2 rings (SSSR count). The maximum atomic E-state index is 4.31. The molecule has 18 heavy (non-hydrogen) atoms. The zero-order chi connectivity index (χ0) is 13.0. The van der Waals surface area contributed by atoms with Crippen LogP contribution in [0.2, 0.25) is 0 Å². The molecule has 0 aliphatic heterocycles. The highest BCUT2D eigenvalue weighted by Crippen LogP contribution is 2.11. The van der Waals surface area contributed by atoms with Gasteiger partial charge in [0.05, 0.1) is 6.54 Å². The minimum atomic E-state index is 0.618. The lowest BCUT2D eigenvalue weighted by Gasteiger charge is -2.08. The van der Waals surface area contributed by atoms with Crippen molar-refractivity contribution in [2.45, 2.75) is 20.4 Å². The van der Waals surface area contributed by atoms with Crippen LogP contribution in [0, 0.1) is 5.92 Å². The summed E-state index contributed by atoms with van der Waals surface area (Å²) in [7, 11) is 0. The molecule has 2 aromatic rings. The second-order valence-electron chi connectivity index (χ2n) is 4.45. The summed E-state index contributed by atoms with van der Waals surface area (Å²) in [5.41, 5.74) is 0. The molecule has 2 aromatic heterocycles. The highest BCUT2D eigenvalue weighted by Gasteiger charge is 2.07. The first-order valence-corrected chi connectivity index (χ1v) is 6.67. The van der Waals surface area contributed by atoms with Gasteiger partial charge < -0.3 is 5.32 Å². The van der Waals surface area contributed by atoms with Gasteiger partial charge >= 0.3 is 0 Å². The van der Waals surface area contributed by atoms with Gasteiger partial charge in [-0.3, -0.25) is 0 Å². The molecule has 0 unspecified atom stereocenters. The molecule has 0 spiro atoms. The molecule has 0 radical (unpaired) electrons. The second kappa shape index (κ2) is 6.06. The molecule has 1 N–H and O–H groups in total. The molecule has 0 aromatic carbocycles. The fraction of sp³-hybridized carbons (Fsp3) is 0.417. The predicted octanol–water partition coefficient (Wildman–Crippen LogP) is 2.17. The lowest BCUT2D eigenvalue weighted by Crippen LogP contribution is -2.21. The first kappa shape index (κ1) is 13.2. The zero-order valence-electron chi connectivity index (χ0n) is 10.5. The summed E-state index contributed by atoms with van der Waals surface area (Å²) in [5, 5.41) is 7.55. The number of halogens is 1. The summed E-state index contributed by atoms with van der Waals surface area (Å²) in [6.45, 7) is 6.00. The Labute approximate surface area is 115 Å². The van der Waals surface area contributed by atoms with Gasteiger partial charge in [-0.1, -0.05) is 13.8 Å². The van der Waals surface area contributed by atoms with Crippen molar-refractivity contribution in [2.75, 3.05) is 6.54 Å². The Morgan fingerprint density at radius 2 is 2.17 bits per heavy atom. The first-order valence-electron chi connectivity index (χ1n) is 5.88. The van der Waals surface area contributed by atoms with Crippen LogP contribution >= 0.6 is 15.9 Å². The number of nitrogens with zero attached hydrogens (tertiary/aromatic N) is 4. The Morgan fingerprint density at radius 3 is 2.83 bits per heavy atom. The Bertz CT molecular complexity index is 491. The van der Waals surface area contributed by atoms with Gasteiger partial charge in [0, 0.05) is 10.7 Å². The third kappa shape index (κ3) is 3.36. The van der Waals surface area contributed by atoms with Gasteiger partial charge in [0.25, 0.3) is 0 Å². The van der Waals surface area contributed by atoms with E-state index < -0.39 is 0 Å². The Kier molecular flexibility index (Phi) is 4.43. The molecule has 0 aliphatic carbocycles. The molecule has 0 bridgehead atoms. The van der Waals surface area contributed by atoms with E-state index in [0.29, 0.717) is 12.5 Å². The third-order valence-electron chi connectivity index (χ3n) is 2.38. The van der Waals surface area contributed by atoms with E-state index in [1.807, 2.05) is 12.1 Å². The van der Waals surface area contributed by atoms with Crippen LogP contribution < -0.4 is 5.32 Å². The van der Waals surface area contributed by atoms with Crippen LogP contribution in [-0.4, -0.2) is 26.3 Å². The van der Waals surface area contributed by atoms with Crippen LogP contribution in [0.3, 0.4) is 0 Å². The summed E-state index contributed by atoms with van der Waals surface area (Å²) in [6, 6.07) is 3.85. The van der Waals surface area contributed by atoms with Crippen molar-refractivity contribution in [3.05, 3.63) is 35.0 Å². The average molecular weight is 310 g/mol.